The molecule has 0 spiro atoms. The van der Waals surface area contributed by atoms with Gasteiger partial charge in [0.25, 0.3) is 5.56 Å². The van der Waals surface area contributed by atoms with E-state index in [1.807, 2.05) is 36.1 Å². The molecule has 0 radical (unpaired) electrons. The molecule has 4 rings (SSSR count). The normalized spacial score (nSPS) is 18.9. The number of amides is 1. The first-order valence-corrected chi connectivity index (χ1v) is 11.3. The number of hydrogen-bond donors (Lipinski definition) is 0. The van der Waals surface area contributed by atoms with Crippen LogP contribution in [0.1, 0.15) is 18.2 Å². The Hall–Kier alpha value is -1.77. The number of ether oxygens (including phenoxy) is 1. The zero-order valence-corrected chi connectivity index (χ0v) is 17.6. The molecule has 1 saturated heterocycles. The highest BCUT2D eigenvalue weighted by Crippen LogP contribution is 2.34. The minimum atomic E-state index is -0.0375. The third-order valence-corrected chi connectivity index (χ3v) is 7.00. The minimum Gasteiger partial charge on any atom is -0.378 e. The summed E-state index contributed by atoms with van der Waals surface area (Å²) in [6, 6.07) is 7.83. The van der Waals surface area contributed by atoms with Gasteiger partial charge in [0, 0.05) is 24.8 Å². The maximum Gasteiger partial charge on any atom is 0.272 e. The number of fused-ring (bicyclic) bond motifs is 1. The first-order chi connectivity index (χ1) is 13.5. The van der Waals surface area contributed by atoms with Crippen molar-refractivity contribution in [2.45, 2.75) is 35.6 Å². The lowest BCUT2D eigenvalue weighted by Gasteiger charge is -2.26. The van der Waals surface area contributed by atoms with E-state index in [2.05, 4.69) is 6.92 Å². The Morgan fingerprint density at radius 1 is 1.29 bits per heavy atom. The van der Waals surface area contributed by atoms with Crippen LogP contribution in [0.2, 0.25) is 0 Å². The summed E-state index contributed by atoms with van der Waals surface area (Å²) in [4.78, 5) is 33.1. The van der Waals surface area contributed by atoms with Gasteiger partial charge in [0.15, 0.2) is 5.16 Å². The molecular weight excluding hydrogens is 394 g/mol. The van der Waals surface area contributed by atoms with E-state index >= 15 is 0 Å². The van der Waals surface area contributed by atoms with Crippen molar-refractivity contribution < 1.29 is 9.53 Å². The molecule has 0 N–H and O–H groups in total. The smallest absolute Gasteiger partial charge is 0.272 e. The molecule has 0 bridgehead atoms. The first kappa shape index (κ1) is 19.5. The number of aryl methyl sites for hydroxylation is 1. The van der Waals surface area contributed by atoms with E-state index in [1.165, 1.54) is 11.8 Å². The summed E-state index contributed by atoms with van der Waals surface area (Å²) in [5.41, 5.74) is 2.73. The van der Waals surface area contributed by atoms with Gasteiger partial charge in [-0.1, -0.05) is 36.4 Å². The van der Waals surface area contributed by atoms with Crippen molar-refractivity contribution in [3.05, 3.63) is 45.9 Å². The third-order valence-electron chi connectivity index (χ3n) is 4.86. The van der Waals surface area contributed by atoms with Crippen molar-refractivity contribution in [2.24, 2.45) is 0 Å². The van der Waals surface area contributed by atoms with Gasteiger partial charge < -0.3 is 9.64 Å². The van der Waals surface area contributed by atoms with E-state index in [0.717, 1.165) is 28.3 Å². The number of rotatable bonds is 4. The third kappa shape index (κ3) is 3.99. The van der Waals surface area contributed by atoms with Crippen LogP contribution in [0.15, 0.2) is 39.1 Å². The van der Waals surface area contributed by atoms with E-state index in [9.17, 15) is 9.59 Å². The van der Waals surface area contributed by atoms with Crippen LogP contribution in [0.3, 0.4) is 0 Å². The fourth-order valence-electron chi connectivity index (χ4n) is 3.35. The standard InChI is InChI=1S/C20H23N3O3S2/c1-13-3-5-15(6-4-13)23-19(25)18-16(11-14(2)28-18)21-20(23)27-12-17(24)22-7-9-26-10-8-22/h3-6,14H,7-12H2,1-2H3. The molecule has 6 nitrogen and oxygen atoms in total. The van der Waals surface area contributed by atoms with E-state index in [1.54, 1.807) is 16.3 Å². The van der Waals surface area contributed by atoms with Gasteiger partial charge in [0.2, 0.25) is 5.91 Å². The second kappa shape index (κ2) is 8.31. The number of morpholine rings is 1. The molecule has 1 fully saturated rings. The maximum atomic E-state index is 13.2. The Bertz CT molecular complexity index is 937. The zero-order chi connectivity index (χ0) is 19.7. The van der Waals surface area contributed by atoms with Gasteiger partial charge in [-0.15, -0.1) is 11.8 Å². The summed E-state index contributed by atoms with van der Waals surface area (Å²) in [6.45, 7) is 6.53. The molecule has 1 amide bonds. The topological polar surface area (TPSA) is 64.4 Å². The lowest BCUT2D eigenvalue weighted by Crippen LogP contribution is -2.41. The number of hydrogen-bond acceptors (Lipinski definition) is 6. The highest BCUT2D eigenvalue weighted by atomic mass is 32.2. The molecule has 148 valence electrons. The van der Waals surface area contributed by atoms with Crippen LogP contribution in [0.5, 0.6) is 0 Å². The second-order valence-corrected chi connectivity index (χ2v) is 9.45. The second-order valence-electron chi connectivity index (χ2n) is 7.06. The van der Waals surface area contributed by atoms with Gasteiger partial charge in [-0.05, 0) is 19.1 Å². The molecule has 3 heterocycles. The molecular formula is C20H23N3O3S2. The first-order valence-electron chi connectivity index (χ1n) is 9.41. The predicted octanol–water partition coefficient (Wildman–Crippen LogP) is 2.53. The molecule has 2 aliphatic rings. The highest BCUT2D eigenvalue weighted by Gasteiger charge is 2.27. The SMILES string of the molecule is Cc1ccc(-n2c(SCC(=O)N3CCOCC3)nc3c(c2=O)SC(C)C3)cc1. The number of thioether (sulfide) groups is 2. The van der Waals surface area contributed by atoms with Crippen LogP contribution in [-0.4, -0.2) is 57.7 Å². The Kier molecular flexibility index (Phi) is 5.80. The van der Waals surface area contributed by atoms with Crippen molar-refractivity contribution >= 4 is 29.4 Å². The summed E-state index contributed by atoms with van der Waals surface area (Å²) in [5.74, 6) is 0.320. The molecule has 2 aliphatic heterocycles. The molecule has 1 atom stereocenters. The van der Waals surface area contributed by atoms with E-state index in [-0.39, 0.29) is 17.2 Å². The number of carbonyl (C=O) groups is 1. The lowest BCUT2D eigenvalue weighted by atomic mass is 10.2. The van der Waals surface area contributed by atoms with E-state index in [4.69, 9.17) is 9.72 Å². The predicted molar refractivity (Wildman–Crippen MR) is 112 cm³/mol. The molecule has 1 aromatic carbocycles. The number of benzene rings is 1. The van der Waals surface area contributed by atoms with Gasteiger partial charge in [-0.25, -0.2) is 4.98 Å². The quantitative estimate of drug-likeness (QED) is 0.563. The molecule has 0 saturated carbocycles. The molecule has 1 aromatic heterocycles. The van der Waals surface area contributed by atoms with E-state index in [0.29, 0.717) is 36.7 Å². The van der Waals surface area contributed by atoms with Crippen LogP contribution < -0.4 is 5.56 Å². The summed E-state index contributed by atoms with van der Waals surface area (Å²) in [6.07, 6.45) is 0.787. The molecule has 0 aliphatic carbocycles. The van der Waals surface area contributed by atoms with E-state index < -0.39 is 0 Å². The highest BCUT2D eigenvalue weighted by molar-refractivity contribution is 8.00. The van der Waals surface area contributed by atoms with Crippen LogP contribution in [0.25, 0.3) is 5.69 Å². The van der Waals surface area contributed by atoms with Gasteiger partial charge in [0.05, 0.1) is 35.2 Å². The summed E-state index contributed by atoms with van der Waals surface area (Å²) in [5, 5.41) is 0.931. The zero-order valence-electron chi connectivity index (χ0n) is 16.0. The van der Waals surface area contributed by atoms with Crippen molar-refractivity contribution in [3.8, 4) is 5.69 Å². The summed E-state index contributed by atoms with van der Waals surface area (Å²) >= 11 is 2.93. The van der Waals surface area contributed by atoms with Crippen LogP contribution in [0, 0.1) is 6.92 Å². The molecule has 8 heteroatoms. The van der Waals surface area contributed by atoms with Gasteiger partial charge in [0.1, 0.15) is 0 Å². The fourth-order valence-corrected chi connectivity index (χ4v) is 5.38. The largest absolute Gasteiger partial charge is 0.378 e. The monoisotopic (exact) mass is 417 g/mol. The van der Waals surface area contributed by atoms with Gasteiger partial charge in [-0.3, -0.25) is 14.2 Å². The number of aromatic nitrogens is 2. The average Bonchev–Trinajstić information content (AvgIpc) is 3.08. The van der Waals surface area contributed by atoms with Crippen LogP contribution in [0.4, 0.5) is 0 Å². The summed E-state index contributed by atoms with van der Waals surface area (Å²) < 4.78 is 6.97. The number of carbonyl (C=O) groups excluding carboxylic acids is 1. The Balaban J connectivity index is 1.66. The van der Waals surface area contributed by atoms with Crippen molar-refractivity contribution in [2.75, 3.05) is 32.1 Å². The average molecular weight is 418 g/mol. The Morgan fingerprint density at radius 3 is 2.71 bits per heavy atom. The van der Waals surface area contributed by atoms with Crippen molar-refractivity contribution in [1.82, 2.24) is 14.5 Å². The van der Waals surface area contributed by atoms with Gasteiger partial charge in [-0.2, -0.15) is 0 Å². The Morgan fingerprint density at radius 2 is 2.00 bits per heavy atom. The lowest BCUT2D eigenvalue weighted by molar-refractivity contribution is -0.132. The minimum absolute atomic E-state index is 0.0375. The maximum absolute atomic E-state index is 13.2. The Labute approximate surface area is 172 Å². The number of nitrogens with zero attached hydrogens (tertiary/aromatic N) is 3. The fraction of sp³-hybridized carbons (Fsp3) is 0.450. The van der Waals surface area contributed by atoms with Gasteiger partial charge >= 0.3 is 0 Å². The van der Waals surface area contributed by atoms with Crippen molar-refractivity contribution in [3.63, 3.8) is 0 Å². The molecule has 2 aromatic rings. The summed E-state index contributed by atoms with van der Waals surface area (Å²) in [7, 11) is 0. The van der Waals surface area contributed by atoms with Crippen molar-refractivity contribution in [1.29, 1.82) is 0 Å². The van der Waals surface area contributed by atoms with Crippen LogP contribution >= 0.6 is 23.5 Å². The van der Waals surface area contributed by atoms with Crippen LogP contribution in [-0.2, 0) is 16.0 Å². The molecule has 1 unspecified atom stereocenters. The molecule has 28 heavy (non-hydrogen) atoms.